The molecule has 0 atom stereocenters. The number of methoxy groups -OCH3 is 1. The fourth-order valence-electron chi connectivity index (χ4n) is 1.21. The third-order valence-corrected chi connectivity index (χ3v) is 2.13. The summed E-state index contributed by atoms with van der Waals surface area (Å²) in [6.07, 6.45) is 1.23. The molecule has 1 rings (SSSR count). The molecule has 5 nitrogen and oxygen atoms in total. The van der Waals surface area contributed by atoms with Crippen molar-refractivity contribution in [1.29, 1.82) is 0 Å². The van der Waals surface area contributed by atoms with Gasteiger partial charge in [-0.05, 0) is 26.0 Å². The first kappa shape index (κ1) is 13.1. The third kappa shape index (κ3) is 2.99. The molecule has 0 saturated heterocycles. The summed E-state index contributed by atoms with van der Waals surface area (Å²) in [5.41, 5.74) is -1.45. The van der Waals surface area contributed by atoms with Crippen LogP contribution in [0.1, 0.15) is 24.2 Å². The molecular weight excluding hydrogens is 227 g/mol. The highest BCUT2D eigenvalue weighted by atomic mass is 19.1. The lowest BCUT2D eigenvalue weighted by atomic mass is 10.1. The maximum atomic E-state index is 13.2. The van der Waals surface area contributed by atoms with E-state index in [1.807, 2.05) is 0 Å². The van der Waals surface area contributed by atoms with Gasteiger partial charge in [-0.15, -0.1) is 0 Å². The molecule has 0 aliphatic heterocycles. The molecule has 0 aromatic carbocycles. The number of esters is 1. The molecular formula is C11H13FN2O3. The molecule has 0 aliphatic rings. The van der Waals surface area contributed by atoms with Gasteiger partial charge in [0.05, 0.1) is 12.7 Å². The second kappa shape index (κ2) is 4.90. The number of nitrogens with one attached hydrogen (secondary N) is 1. The van der Waals surface area contributed by atoms with Crippen LogP contribution < -0.4 is 5.32 Å². The number of ether oxygens (including phenoxy) is 1. The van der Waals surface area contributed by atoms with Crippen molar-refractivity contribution in [3.05, 3.63) is 29.8 Å². The Labute approximate surface area is 98.0 Å². The van der Waals surface area contributed by atoms with Crippen molar-refractivity contribution >= 4 is 11.9 Å². The minimum Gasteiger partial charge on any atom is -0.467 e. The third-order valence-electron chi connectivity index (χ3n) is 2.13. The Kier molecular flexibility index (Phi) is 3.77. The lowest BCUT2D eigenvalue weighted by molar-refractivity contribution is -0.146. The molecule has 1 heterocycles. The van der Waals surface area contributed by atoms with Crippen LogP contribution in [-0.2, 0) is 9.53 Å². The van der Waals surface area contributed by atoms with Crippen LogP contribution in [0.5, 0.6) is 0 Å². The molecule has 0 fully saturated rings. The number of carbonyl (C=O) groups is 2. The quantitative estimate of drug-likeness (QED) is 0.629. The average molecular weight is 240 g/mol. The topological polar surface area (TPSA) is 68.3 Å². The van der Waals surface area contributed by atoms with E-state index in [4.69, 9.17) is 0 Å². The van der Waals surface area contributed by atoms with E-state index in [2.05, 4.69) is 15.0 Å². The molecule has 92 valence electrons. The van der Waals surface area contributed by atoms with Gasteiger partial charge in [0.25, 0.3) is 5.91 Å². The summed E-state index contributed by atoms with van der Waals surface area (Å²) in [6.45, 7) is 2.93. The van der Waals surface area contributed by atoms with E-state index >= 15 is 0 Å². The van der Waals surface area contributed by atoms with Crippen molar-refractivity contribution in [3.63, 3.8) is 0 Å². The Morgan fingerprint density at radius 1 is 1.47 bits per heavy atom. The second-order valence-electron chi connectivity index (χ2n) is 3.91. The summed E-state index contributed by atoms with van der Waals surface area (Å²) >= 11 is 0. The molecule has 17 heavy (non-hydrogen) atoms. The Bertz CT molecular complexity index is 446. The van der Waals surface area contributed by atoms with Crippen molar-refractivity contribution in [2.24, 2.45) is 0 Å². The van der Waals surface area contributed by atoms with E-state index in [9.17, 15) is 14.0 Å². The number of pyridine rings is 1. The van der Waals surface area contributed by atoms with Gasteiger partial charge in [-0.1, -0.05) is 0 Å². The van der Waals surface area contributed by atoms with Gasteiger partial charge in [0.15, 0.2) is 0 Å². The number of carbonyl (C=O) groups excluding carboxylic acids is 2. The van der Waals surface area contributed by atoms with Crippen molar-refractivity contribution in [2.45, 2.75) is 19.4 Å². The molecule has 0 spiro atoms. The van der Waals surface area contributed by atoms with Crippen molar-refractivity contribution in [1.82, 2.24) is 10.3 Å². The van der Waals surface area contributed by atoms with E-state index < -0.39 is 23.4 Å². The van der Waals surface area contributed by atoms with Gasteiger partial charge in [0.2, 0.25) is 5.95 Å². The van der Waals surface area contributed by atoms with Gasteiger partial charge in [-0.3, -0.25) is 4.79 Å². The zero-order chi connectivity index (χ0) is 13.1. The highest BCUT2D eigenvalue weighted by Crippen LogP contribution is 2.09. The van der Waals surface area contributed by atoms with Gasteiger partial charge in [0.1, 0.15) is 5.54 Å². The maximum absolute atomic E-state index is 13.2. The predicted octanol–water partition coefficient (Wildman–Crippen LogP) is 0.902. The average Bonchev–Trinajstić information content (AvgIpc) is 2.27. The number of aromatic nitrogens is 1. The molecule has 1 aromatic rings. The van der Waals surface area contributed by atoms with Crippen LogP contribution in [0.4, 0.5) is 4.39 Å². The molecule has 1 amide bonds. The Hall–Kier alpha value is -1.98. The van der Waals surface area contributed by atoms with Gasteiger partial charge >= 0.3 is 5.97 Å². The number of nitrogens with zero attached hydrogens (tertiary/aromatic N) is 1. The number of amides is 1. The zero-order valence-corrected chi connectivity index (χ0v) is 9.78. The smallest absolute Gasteiger partial charge is 0.330 e. The molecule has 1 N–H and O–H groups in total. The first-order valence-electron chi connectivity index (χ1n) is 4.90. The largest absolute Gasteiger partial charge is 0.467 e. The Balaban J connectivity index is 2.87. The van der Waals surface area contributed by atoms with Gasteiger partial charge < -0.3 is 10.1 Å². The number of hydrogen-bond acceptors (Lipinski definition) is 4. The molecule has 0 saturated carbocycles. The number of rotatable bonds is 3. The SMILES string of the molecule is COC(=O)C(C)(C)NC(=O)c1cccnc1F. The molecule has 0 radical (unpaired) electrons. The first-order chi connectivity index (χ1) is 7.88. The van der Waals surface area contributed by atoms with E-state index in [-0.39, 0.29) is 5.56 Å². The molecule has 6 heteroatoms. The lowest BCUT2D eigenvalue weighted by Crippen LogP contribution is -2.50. The van der Waals surface area contributed by atoms with Crippen LogP contribution >= 0.6 is 0 Å². The van der Waals surface area contributed by atoms with Crippen LogP contribution in [0, 0.1) is 5.95 Å². The van der Waals surface area contributed by atoms with Crippen LogP contribution in [0.25, 0.3) is 0 Å². The van der Waals surface area contributed by atoms with Crippen molar-refractivity contribution < 1.29 is 18.7 Å². The zero-order valence-electron chi connectivity index (χ0n) is 9.78. The van der Waals surface area contributed by atoms with Gasteiger partial charge in [-0.25, -0.2) is 9.78 Å². The summed E-state index contributed by atoms with van der Waals surface area (Å²) in [7, 11) is 1.21. The first-order valence-corrected chi connectivity index (χ1v) is 4.90. The normalized spacial score (nSPS) is 10.8. The minimum absolute atomic E-state index is 0.218. The summed E-state index contributed by atoms with van der Waals surface area (Å²) in [5, 5.41) is 2.37. The second-order valence-corrected chi connectivity index (χ2v) is 3.91. The molecule has 0 aliphatic carbocycles. The molecule has 0 unspecified atom stereocenters. The van der Waals surface area contributed by atoms with E-state index in [1.165, 1.54) is 39.3 Å². The van der Waals surface area contributed by atoms with Crippen molar-refractivity contribution in [2.75, 3.05) is 7.11 Å². The summed E-state index contributed by atoms with van der Waals surface area (Å²) < 4.78 is 17.7. The Morgan fingerprint density at radius 2 is 2.12 bits per heavy atom. The highest BCUT2D eigenvalue weighted by Gasteiger charge is 2.31. The van der Waals surface area contributed by atoms with Crippen LogP contribution in [-0.4, -0.2) is 29.5 Å². The monoisotopic (exact) mass is 240 g/mol. The fourth-order valence-corrected chi connectivity index (χ4v) is 1.21. The standard InChI is InChI=1S/C11H13FN2O3/c1-11(2,10(16)17-3)14-9(15)7-5-4-6-13-8(7)12/h4-6H,1-3H3,(H,14,15). The summed E-state index contributed by atoms with van der Waals surface area (Å²) in [4.78, 5) is 26.4. The molecule has 1 aromatic heterocycles. The minimum atomic E-state index is -1.23. The fraction of sp³-hybridized carbons (Fsp3) is 0.364. The Morgan fingerprint density at radius 3 is 2.65 bits per heavy atom. The molecule has 0 bridgehead atoms. The maximum Gasteiger partial charge on any atom is 0.330 e. The van der Waals surface area contributed by atoms with Crippen LogP contribution in [0.3, 0.4) is 0 Å². The van der Waals surface area contributed by atoms with Crippen LogP contribution in [0.2, 0.25) is 0 Å². The van der Waals surface area contributed by atoms with E-state index in [0.717, 1.165) is 0 Å². The van der Waals surface area contributed by atoms with Gasteiger partial charge in [0, 0.05) is 6.20 Å². The predicted molar refractivity (Wildman–Crippen MR) is 57.8 cm³/mol. The number of halogens is 1. The van der Waals surface area contributed by atoms with Crippen molar-refractivity contribution in [3.8, 4) is 0 Å². The highest BCUT2D eigenvalue weighted by molar-refractivity contribution is 5.97. The van der Waals surface area contributed by atoms with Crippen LogP contribution in [0.15, 0.2) is 18.3 Å². The lowest BCUT2D eigenvalue weighted by Gasteiger charge is -2.22. The van der Waals surface area contributed by atoms with E-state index in [0.29, 0.717) is 0 Å². The van der Waals surface area contributed by atoms with E-state index in [1.54, 1.807) is 0 Å². The van der Waals surface area contributed by atoms with Gasteiger partial charge in [-0.2, -0.15) is 4.39 Å². The number of hydrogen-bond donors (Lipinski definition) is 1. The summed E-state index contributed by atoms with van der Waals surface area (Å²) in [6, 6.07) is 2.72. The summed E-state index contributed by atoms with van der Waals surface area (Å²) in [5.74, 6) is -2.22.